The lowest BCUT2D eigenvalue weighted by Crippen LogP contribution is -1.82. The van der Waals surface area contributed by atoms with Crippen LogP contribution in [0.2, 0.25) is 0 Å². The molecule has 0 bridgehead atoms. The molecular formula is C30H28. The number of benzene rings is 5. The van der Waals surface area contributed by atoms with Crippen molar-refractivity contribution in [1.82, 2.24) is 0 Å². The Hall–Kier alpha value is -3.64. The zero-order valence-corrected chi connectivity index (χ0v) is 17.8. The van der Waals surface area contributed by atoms with Crippen molar-refractivity contribution in [2.24, 2.45) is 0 Å². The van der Waals surface area contributed by atoms with Crippen LogP contribution in [0.25, 0.3) is 44.5 Å². The largest absolute Gasteiger partial charge is 0.0985 e. The van der Waals surface area contributed by atoms with E-state index in [9.17, 15) is 0 Å². The van der Waals surface area contributed by atoms with E-state index in [4.69, 9.17) is 0 Å². The van der Waals surface area contributed by atoms with Crippen LogP contribution in [0.1, 0.15) is 25.0 Å². The highest BCUT2D eigenvalue weighted by Gasteiger charge is 2.03. The van der Waals surface area contributed by atoms with E-state index < -0.39 is 0 Å². The van der Waals surface area contributed by atoms with Crippen LogP contribution in [0.5, 0.6) is 0 Å². The number of fused-ring (bicyclic) bond motifs is 3. The van der Waals surface area contributed by atoms with Crippen molar-refractivity contribution in [3.05, 3.63) is 121 Å². The highest BCUT2D eigenvalue weighted by Crippen LogP contribution is 2.28. The lowest BCUT2D eigenvalue weighted by atomic mass is 9.97. The van der Waals surface area contributed by atoms with E-state index >= 15 is 0 Å². The van der Waals surface area contributed by atoms with Gasteiger partial charge in [0.1, 0.15) is 0 Å². The summed E-state index contributed by atoms with van der Waals surface area (Å²) in [7, 11) is 0. The summed E-state index contributed by atoms with van der Waals surface area (Å²) in [5.41, 5.74) is 2.41. The smallest absolute Gasteiger partial charge is 0.0105 e. The summed E-state index contributed by atoms with van der Waals surface area (Å²) in [5, 5.41) is 7.65. The van der Waals surface area contributed by atoms with Gasteiger partial charge in [-0.05, 0) is 55.6 Å². The van der Waals surface area contributed by atoms with E-state index in [0.717, 1.165) is 0 Å². The molecule has 0 heterocycles. The lowest BCUT2D eigenvalue weighted by Gasteiger charge is -2.07. The zero-order valence-electron chi connectivity index (χ0n) is 17.8. The van der Waals surface area contributed by atoms with Gasteiger partial charge in [-0.15, -0.1) is 0 Å². The molecule has 5 aromatic rings. The van der Waals surface area contributed by atoms with Crippen LogP contribution in [0.4, 0.5) is 0 Å². The first kappa shape index (κ1) is 21.1. The highest BCUT2D eigenvalue weighted by atomic mass is 14.1. The Morgan fingerprint density at radius 3 is 1.53 bits per heavy atom. The van der Waals surface area contributed by atoms with Crippen molar-refractivity contribution >= 4 is 44.5 Å². The average Bonchev–Trinajstić information content (AvgIpc) is 2.83. The maximum Gasteiger partial charge on any atom is -0.0105 e. The van der Waals surface area contributed by atoms with Crippen molar-refractivity contribution in [1.29, 1.82) is 0 Å². The summed E-state index contributed by atoms with van der Waals surface area (Å²) in [6, 6.07) is 33.8. The van der Waals surface area contributed by atoms with Gasteiger partial charge < -0.3 is 0 Å². The van der Waals surface area contributed by atoms with Crippen LogP contribution in [0.3, 0.4) is 0 Å². The molecule has 30 heavy (non-hydrogen) atoms. The Morgan fingerprint density at radius 2 is 1.00 bits per heavy atom. The van der Waals surface area contributed by atoms with E-state index in [-0.39, 0.29) is 0 Å². The molecule has 0 atom stereocenters. The van der Waals surface area contributed by atoms with Crippen LogP contribution in [0, 0.1) is 0 Å². The Bertz CT molecular complexity index is 1240. The Labute approximate surface area is 179 Å². The molecule has 0 aliphatic carbocycles. The third-order valence-corrected chi connectivity index (χ3v) is 5.03. The quantitative estimate of drug-likeness (QED) is 0.264. The molecule has 0 nitrogen and oxygen atoms in total. The normalized spacial score (nSPS) is 9.93. The minimum absolute atomic E-state index is 1.17. The van der Waals surface area contributed by atoms with Gasteiger partial charge in [0, 0.05) is 0 Å². The molecule has 0 aliphatic rings. The first-order valence-corrected chi connectivity index (χ1v) is 10.4. The monoisotopic (exact) mass is 388 g/mol. The van der Waals surface area contributed by atoms with Crippen LogP contribution in [0.15, 0.2) is 110 Å². The van der Waals surface area contributed by atoms with Crippen molar-refractivity contribution in [2.75, 3.05) is 0 Å². The highest BCUT2D eigenvalue weighted by molar-refractivity contribution is 6.06. The molecule has 0 fully saturated rings. The van der Waals surface area contributed by atoms with Gasteiger partial charge in [-0.1, -0.05) is 124 Å². The van der Waals surface area contributed by atoms with Crippen molar-refractivity contribution in [2.45, 2.75) is 13.8 Å². The molecule has 0 aromatic heterocycles. The fourth-order valence-corrected chi connectivity index (χ4v) is 3.60. The predicted octanol–water partition coefficient (Wildman–Crippen LogP) is 9.14. The summed E-state index contributed by atoms with van der Waals surface area (Å²) in [6.07, 6.45) is 3.82. The molecule has 0 N–H and O–H groups in total. The van der Waals surface area contributed by atoms with Gasteiger partial charge in [-0.2, -0.15) is 0 Å². The average molecular weight is 389 g/mol. The van der Waals surface area contributed by atoms with E-state index in [1.807, 2.05) is 26.0 Å². The lowest BCUT2D eigenvalue weighted by molar-refractivity contribution is 1.50. The topological polar surface area (TPSA) is 0 Å². The second-order valence-corrected chi connectivity index (χ2v) is 6.75. The Balaban J connectivity index is 0.000000163. The molecule has 5 rings (SSSR count). The number of hydrogen-bond acceptors (Lipinski definition) is 0. The minimum Gasteiger partial charge on any atom is -0.0985 e. The van der Waals surface area contributed by atoms with Crippen LogP contribution in [-0.4, -0.2) is 0 Å². The van der Waals surface area contributed by atoms with Crippen molar-refractivity contribution in [3.63, 3.8) is 0 Å². The second kappa shape index (κ2) is 10.2. The molecule has 0 heteroatoms. The molecular weight excluding hydrogens is 360 g/mol. The van der Waals surface area contributed by atoms with E-state index in [1.165, 1.54) is 43.4 Å². The first-order valence-electron chi connectivity index (χ1n) is 10.4. The van der Waals surface area contributed by atoms with Crippen molar-refractivity contribution < 1.29 is 0 Å². The van der Waals surface area contributed by atoms with Crippen LogP contribution < -0.4 is 0 Å². The second-order valence-electron chi connectivity index (χ2n) is 6.75. The van der Waals surface area contributed by atoms with Gasteiger partial charge in [0.05, 0.1) is 0 Å². The van der Waals surface area contributed by atoms with Crippen LogP contribution >= 0.6 is 0 Å². The van der Waals surface area contributed by atoms with Gasteiger partial charge in [-0.25, -0.2) is 0 Å². The predicted molar refractivity (Wildman–Crippen MR) is 137 cm³/mol. The maximum absolute atomic E-state index is 3.93. The van der Waals surface area contributed by atoms with Gasteiger partial charge >= 0.3 is 0 Å². The van der Waals surface area contributed by atoms with Gasteiger partial charge in [0.25, 0.3) is 0 Å². The fraction of sp³-hybridized carbons (Fsp3) is 0.0667. The van der Waals surface area contributed by atoms with Gasteiger partial charge in [0.2, 0.25) is 0 Å². The van der Waals surface area contributed by atoms with E-state index in [0.29, 0.717) is 0 Å². The first-order chi connectivity index (χ1) is 14.8. The summed E-state index contributed by atoms with van der Waals surface area (Å²) < 4.78 is 0. The summed E-state index contributed by atoms with van der Waals surface area (Å²) in [6.45, 7) is 11.7. The Kier molecular flexibility index (Phi) is 7.19. The third-order valence-electron chi connectivity index (χ3n) is 5.03. The molecule has 0 aliphatic heterocycles. The maximum atomic E-state index is 3.93. The fourth-order valence-electron chi connectivity index (χ4n) is 3.60. The number of hydrogen-bond donors (Lipinski definition) is 0. The molecule has 0 amide bonds. The summed E-state index contributed by atoms with van der Waals surface area (Å²) in [4.78, 5) is 0. The molecule has 0 unspecified atom stereocenters. The molecule has 148 valence electrons. The van der Waals surface area contributed by atoms with E-state index in [2.05, 4.69) is 110 Å². The summed E-state index contributed by atoms with van der Waals surface area (Å²) in [5.74, 6) is 0. The standard InChI is InChI=1S/C16H12.C12H10.C2H6/c1-2-14-15-9-5-3-7-12(15)11-13-8-4-6-10-16(13)14;1-2-10-7-8-11-5-3-4-6-12(11)9-10;1-2/h2-11H,1H2;2-9H,1H2;1-2H3. The SMILES string of the molecule is C=Cc1c2ccccc2cc2ccccc12.C=Cc1ccc2ccccc2c1.CC. The molecule has 0 saturated carbocycles. The van der Waals surface area contributed by atoms with E-state index in [1.54, 1.807) is 0 Å². The van der Waals surface area contributed by atoms with Gasteiger partial charge in [0.15, 0.2) is 0 Å². The minimum atomic E-state index is 1.17. The third kappa shape index (κ3) is 4.50. The summed E-state index contributed by atoms with van der Waals surface area (Å²) >= 11 is 0. The van der Waals surface area contributed by atoms with Crippen molar-refractivity contribution in [3.8, 4) is 0 Å². The molecule has 5 aromatic carbocycles. The molecule has 0 spiro atoms. The molecule has 0 saturated heterocycles. The molecule has 0 radical (unpaired) electrons. The van der Waals surface area contributed by atoms with Crippen LogP contribution in [-0.2, 0) is 0 Å². The number of rotatable bonds is 2. The Morgan fingerprint density at radius 1 is 0.500 bits per heavy atom. The van der Waals surface area contributed by atoms with Gasteiger partial charge in [-0.3, -0.25) is 0 Å². The zero-order chi connectivity index (χ0) is 21.3.